The van der Waals surface area contributed by atoms with Gasteiger partial charge in [-0.05, 0) is 31.4 Å². The number of nitrogens with one attached hydrogen (secondary N) is 1. The second-order valence-electron chi connectivity index (χ2n) is 4.99. The van der Waals surface area contributed by atoms with Gasteiger partial charge in [0, 0.05) is 25.2 Å². The van der Waals surface area contributed by atoms with E-state index in [0.717, 1.165) is 18.4 Å². The molecule has 5 nitrogen and oxygen atoms in total. The van der Waals surface area contributed by atoms with Crippen molar-refractivity contribution in [1.82, 2.24) is 9.62 Å². The monoisotopic (exact) mass is 296 g/mol. The zero-order valence-corrected chi connectivity index (χ0v) is 12.4. The Kier molecular flexibility index (Phi) is 4.77. The molecule has 1 aromatic rings. The Balaban J connectivity index is 1.87. The first kappa shape index (κ1) is 15.0. The van der Waals surface area contributed by atoms with Crippen LogP contribution >= 0.6 is 0 Å². The Morgan fingerprint density at radius 2 is 2.05 bits per heavy atom. The summed E-state index contributed by atoms with van der Waals surface area (Å²) in [5.74, 6) is 0.0659. The minimum absolute atomic E-state index is 0.155. The fourth-order valence-corrected chi connectivity index (χ4v) is 3.91. The van der Waals surface area contributed by atoms with Gasteiger partial charge in [-0.15, -0.1) is 0 Å². The second-order valence-corrected chi connectivity index (χ2v) is 7.08. The average Bonchev–Trinajstić information content (AvgIpc) is 2.41. The first-order chi connectivity index (χ1) is 9.50. The molecule has 0 spiro atoms. The quantitative estimate of drug-likeness (QED) is 0.906. The number of carbonyl (C=O) groups excluding carboxylic acids is 1. The molecule has 1 aliphatic rings. The zero-order valence-electron chi connectivity index (χ0n) is 11.6. The molecule has 6 heteroatoms. The molecule has 1 aliphatic heterocycles. The van der Waals surface area contributed by atoms with E-state index in [-0.39, 0.29) is 11.7 Å². The summed E-state index contributed by atoms with van der Waals surface area (Å²) in [6, 6.07) is 7.34. The maximum absolute atomic E-state index is 12.0. The molecular weight excluding hydrogens is 276 g/mol. The predicted molar refractivity (Wildman–Crippen MR) is 78.1 cm³/mol. The van der Waals surface area contributed by atoms with Crippen molar-refractivity contribution in [3.8, 4) is 0 Å². The Labute approximate surface area is 120 Å². The van der Waals surface area contributed by atoms with Crippen molar-refractivity contribution < 1.29 is 13.2 Å². The Morgan fingerprint density at radius 3 is 2.75 bits per heavy atom. The summed E-state index contributed by atoms with van der Waals surface area (Å²) < 4.78 is 25.1. The van der Waals surface area contributed by atoms with E-state index in [1.54, 1.807) is 6.07 Å². The van der Waals surface area contributed by atoms with Crippen LogP contribution in [0.25, 0.3) is 0 Å². The smallest absolute Gasteiger partial charge is 0.251 e. The van der Waals surface area contributed by atoms with Crippen molar-refractivity contribution in [2.75, 3.05) is 25.4 Å². The van der Waals surface area contributed by atoms with E-state index in [0.29, 0.717) is 25.2 Å². The molecule has 1 amide bonds. The molecule has 0 aliphatic carbocycles. The van der Waals surface area contributed by atoms with Crippen LogP contribution in [-0.4, -0.2) is 44.0 Å². The summed E-state index contributed by atoms with van der Waals surface area (Å²) in [6.07, 6.45) is 1.62. The first-order valence-electron chi connectivity index (χ1n) is 6.82. The second kappa shape index (κ2) is 6.37. The van der Waals surface area contributed by atoms with Gasteiger partial charge in [0.05, 0.1) is 5.75 Å². The van der Waals surface area contributed by atoms with Gasteiger partial charge < -0.3 is 5.32 Å². The van der Waals surface area contributed by atoms with Gasteiger partial charge in [-0.3, -0.25) is 4.79 Å². The molecule has 1 N–H and O–H groups in total. The lowest BCUT2D eigenvalue weighted by Gasteiger charge is -2.26. The van der Waals surface area contributed by atoms with Crippen LogP contribution in [0.3, 0.4) is 0 Å². The summed E-state index contributed by atoms with van der Waals surface area (Å²) in [7, 11) is -3.11. The standard InChI is InChI=1S/C14H20N2O3S/c1-12-6-2-3-7-13(12)14(17)15-8-10-16-9-4-5-11-20(16,18)19/h2-3,6-7H,4-5,8-11H2,1H3,(H,15,17). The van der Waals surface area contributed by atoms with E-state index in [1.165, 1.54) is 4.31 Å². The van der Waals surface area contributed by atoms with Crippen LogP contribution in [0.2, 0.25) is 0 Å². The highest BCUT2D eigenvalue weighted by Crippen LogP contribution is 2.12. The fraction of sp³-hybridized carbons (Fsp3) is 0.500. The van der Waals surface area contributed by atoms with Gasteiger partial charge in [0.25, 0.3) is 5.91 Å². The third kappa shape index (κ3) is 3.58. The molecule has 0 saturated carbocycles. The van der Waals surface area contributed by atoms with Crippen molar-refractivity contribution in [1.29, 1.82) is 0 Å². The number of amides is 1. The molecule has 1 saturated heterocycles. The molecule has 0 unspecified atom stereocenters. The van der Waals surface area contributed by atoms with E-state index < -0.39 is 10.0 Å². The highest BCUT2D eigenvalue weighted by Gasteiger charge is 2.25. The number of carbonyl (C=O) groups is 1. The maximum atomic E-state index is 12.0. The van der Waals surface area contributed by atoms with Crippen LogP contribution in [0, 0.1) is 6.92 Å². The van der Waals surface area contributed by atoms with Crippen molar-refractivity contribution in [2.24, 2.45) is 0 Å². The van der Waals surface area contributed by atoms with Gasteiger partial charge in [-0.1, -0.05) is 18.2 Å². The topological polar surface area (TPSA) is 66.5 Å². The van der Waals surface area contributed by atoms with Crippen LogP contribution in [-0.2, 0) is 10.0 Å². The molecule has 0 atom stereocenters. The Bertz CT molecular complexity index is 584. The van der Waals surface area contributed by atoms with E-state index in [9.17, 15) is 13.2 Å². The number of sulfonamides is 1. The molecule has 1 heterocycles. The summed E-state index contributed by atoms with van der Waals surface area (Å²) >= 11 is 0. The first-order valence-corrected chi connectivity index (χ1v) is 8.43. The summed E-state index contributed by atoms with van der Waals surface area (Å²) in [4.78, 5) is 12.0. The summed E-state index contributed by atoms with van der Waals surface area (Å²) in [6.45, 7) is 3.12. The van der Waals surface area contributed by atoms with Crippen molar-refractivity contribution in [2.45, 2.75) is 19.8 Å². The lowest BCUT2D eigenvalue weighted by atomic mass is 10.1. The average molecular weight is 296 g/mol. The van der Waals surface area contributed by atoms with E-state index >= 15 is 0 Å². The summed E-state index contributed by atoms with van der Waals surface area (Å²) in [5, 5.41) is 2.78. The minimum Gasteiger partial charge on any atom is -0.351 e. The molecule has 1 aromatic carbocycles. The van der Waals surface area contributed by atoms with Crippen LogP contribution in [0.1, 0.15) is 28.8 Å². The van der Waals surface area contributed by atoms with Gasteiger partial charge in [-0.25, -0.2) is 12.7 Å². The van der Waals surface area contributed by atoms with Crippen LogP contribution < -0.4 is 5.32 Å². The molecule has 0 aromatic heterocycles. The third-order valence-corrected chi connectivity index (χ3v) is 5.45. The van der Waals surface area contributed by atoms with E-state index in [4.69, 9.17) is 0 Å². The van der Waals surface area contributed by atoms with E-state index in [2.05, 4.69) is 5.32 Å². The molecule has 110 valence electrons. The predicted octanol–water partition coefficient (Wildman–Crippen LogP) is 1.15. The molecule has 1 fully saturated rings. The lowest BCUT2D eigenvalue weighted by Crippen LogP contribution is -2.42. The normalized spacial score (nSPS) is 18.6. The van der Waals surface area contributed by atoms with E-state index in [1.807, 2.05) is 25.1 Å². The van der Waals surface area contributed by atoms with Crippen LogP contribution in [0.15, 0.2) is 24.3 Å². The van der Waals surface area contributed by atoms with Gasteiger partial charge in [0.15, 0.2) is 0 Å². The number of aryl methyl sites for hydroxylation is 1. The SMILES string of the molecule is Cc1ccccc1C(=O)NCCN1CCCCS1(=O)=O. The van der Waals surface area contributed by atoms with Crippen molar-refractivity contribution >= 4 is 15.9 Å². The molecule has 0 radical (unpaired) electrons. The number of nitrogens with zero attached hydrogens (tertiary/aromatic N) is 1. The number of hydrogen-bond donors (Lipinski definition) is 1. The number of hydrogen-bond acceptors (Lipinski definition) is 3. The fourth-order valence-electron chi connectivity index (χ4n) is 2.31. The zero-order chi connectivity index (χ0) is 14.6. The summed E-state index contributed by atoms with van der Waals surface area (Å²) in [5.41, 5.74) is 1.55. The maximum Gasteiger partial charge on any atom is 0.251 e. The van der Waals surface area contributed by atoms with Gasteiger partial charge in [0.1, 0.15) is 0 Å². The molecule has 0 bridgehead atoms. The molecule has 20 heavy (non-hydrogen) atoms. The van der Waals surface area contributed by atoms with Crippen molar-refractivity contribution in [3.63, 3.8) is 0 Å². The Morgan fingerprint density at radius 1 is 1.30 bits per heavy atom. The van der Waals surface area contributed by atoms with Crippen molar-refractivity contribution in [3.05, 3.63) is 35.4 Å². The van der Waals surface area contributed by atoms with Gasteiger partial charge >= 0.3 is 0 Å². The largest absolute Gasteiger partial charge is 0.351 e. The third-order valence-electron chi connectivity index (χ3n) is 3.49. The number of rotatable bonds is 4. The number of benzene rings is 1. The van der Waals surface area contributed by atoms with Crippen LogP contribution in [0.4, 0.5) is 0 Å². The van der Waals surface area contributed by atoms with Gasteiger partial charge in [0.2, 0.25) is 10.0 Å². The highest BCUT2D eigenvalue weighted by atomic mass is 32.2. The minimum atomic E-state index is -3.11. The van der Waals surface area contributed by atoms with Crippen LogP contribution in [0.5, 0.6) is 0 Å². The van der Waals surface area contributed by atoms with Gasteiger partial charge in [-0.2, -0.15) is 0 Å². The Hall–Kier alpha value is -1.40. The highest BCUT2D eigenvalue weighted by molar-refractivity contribution is 7.89. The molecular formula is C14H20N2O3S. The molecule has 2 rings (SSSR count). The lowest BCUT2D eigenvalue weighted by molar-refractivity contribution is 0.0951.